The molecule has 2 aliphatic heterocycles. The molecule has 1 fully saturated rings. The van der Waals surface area contributed by atoms with Crippen molar-refractivity contribution in [3.8, 4) is 0 Å². The molecule has 2 atom stereocenters. The number of benzene rings is 2. The number of nitrogens with zero attached hydrogens (tertiary/aromatic N) is 1. The molecule has 10 heteroatoms. The van der Waals surface area contributed by atoms with Gasteiger partial charge in [-0.3, -0.25) is 9.79 Å². The largest absolute Gasteiger partial charge is 0.335 e. The number of halogens is 2. The van der Waals surface area contributed by atoms with E-state index in [9.17, 15) is 17.6 Å². The van der Waals surface area contributed by atoms with E-state index in [1.54, 1.807) is 0 Å². The number of hydrogen-bond acceptors (Lipinski definition) is 6. The molecule has 2 N–H and O–H groups in total. The first kappa shape index (κ1) is 20.2. The van der Waals surface area contributed by atoms with E-state index in [0.29, 0.717) is 10.9 Å². The van der Waals surface area contributed by atoms with Crippen LogP contribution in [0.15, 0.2) is 47.5 Å². The summed E-state index contributed by atoms with van der Waals surface area (Å²) in [5.74, 6) is -0.491. The summed E-state index contributed by atoms with van der Waals surface area (Å²) < 4.78 is 36.4. The Hall–Kier alpha value is -2.10. The number of carbonyl (C=O) groups is 1. The molecule has 2 aromatic rings. The van der Waals surface area contributed by atoms with Gasteiger partial charge in [-0.15, -0.1) is 0 Å². The van der Waals surface area contributed by atoms with E-state index in [2.05, 4.69) is 15.6 Å². The quantitative estimate of drug-likeness (QED) is 0.741. The number of hydrogen-bond donors (Lipinski definition) is 2. The first-order valence-corrected chi connectivity index (χ1v) is 11.9. The summed E-state index contributed by atoms with van der Waals surface area (Å²) in [5, 5.41) is 6.54. The summed E-state index contributed by atoms with van der Waals surface area (Å²) in [7, 11) is -2.97. The van der Waals surface area contributed by atoms with Gasteiger partial charge in [0.2, 0.25) is 5.91 Å². The zero-order chi connectivity index (χ0) is 20.6. The number of aliphatic imine (C=N–C) groups is 1. The van der Waals surface area contributed by atoms with Crippen LogP contribution in [0.5, 0.6) is 0 Å². The Morgan fingerprint density at radius 3 is 2.59 bits per heavy atom. The summed E-state index contributed by atoms with van der Waals surface area (Å²) in [4.78, 5) is 16.6. The molecule has 0 spiro atoms. The molecule has 0 radical (unpaired) electrons. The third-order valence-electron chi connectivity index (χ3n) is 4.59. The number of rotatable bonds is 4. The Labute approximate surface area is 176 Å². The van der Waals surface area contributed by atoms with Crippen molar-refractivity contribution in [3.63, 3.8) is 0 Å². The SMILES string of the molecule is O=C(Cc1ccc(NC2=NC3CS(=O)(=O)CC3S2)cc1)Nc1ccc(F)c(Cl)c1. The van der Waals surface area contributed by atoms with Crippen molar-refractivity contribution in [2.75, 3.05) is 22.1 Å². The van der Waals surface area contributed by atoms with Gasteiger partial charge in [0.15, 0.2) is 15.0 Å². The minimum absolute atomic E-state index is 0.00886. The fourth-order valence-corrected chi connectivity index (χ4v) is 7.07. The molecule has 152 valence electrons. The van der Waals surface area contributed by atoms with Gasteiger partial charge >= 0.3 is 0 Å². The van der Waals surface area contributed by atoms with Gasteiger partial charge in [-0.2, -0.15) is 0 Å². The molecular formula is C19H17ClFN3O3S2. The molecule has 2 aromatic carbocycles. The molecule has 0 bridgehead atoms. The van der Waals surface area contributed by atoms with Crippen LogP contribution < -0.4 is 10.6 Å². The second kappa shape index (κ2) is 7.97. The average molecular weight is 454 g/mol. The number of fused-ring (bicyclic) bond motifs is 1. The van der Waals surface area contributed by atoms with Gasteiger partial charge in [0.25, 0.3) is 0 Å². The molecule has 2 heterocycles. The van der Waals surface area contributed by atoms with E-state index in [4.69, 9.17) is 11.6 Å². The summed E-state index contributed by atoms with van der Waals surface area (Å²) >= 11 is 7.17. The van der Waals surface area contributed by atoms with Crippen LogP contribution in [0.3, 0.4) is 0 Å². The van der Waals surface area contributed by atoms with Gasteiger partial charge in [0.1, 0.15) is 5.82 Å². The number of sulfone groups is 1. The molecular weight excluding hydrogens is 437 g/mol. The van der Waals surface area contributed by atoms with Crippen LogP contribution >= 0.6 is 23.4 Å². The molecule has 1 amide bonds. The lowest BCUT2D eigenvalue weighted by atomic mass is 10.1. The van der Waals surface area contributed by atoms with Crippen LogP contribution in [0, 0.1) is 5.82 Å². The highest BCUT2D eigenvalue weighted by atomic mass is 35.5. The highest BCUT2D eigenvalue weighted by Crippen LogP contribution is 2.34. The van der Waals surface area contributed by atoms with E-state index in [0.717, 1.165) is 11.3 Å². The standard InChI is InChI=1S/C19H17ClFN3O3S2/c20-14-8-13(5-6-15(14)21)22-18(25)7-11-1-3-12(4-2-11)23-19-24-16-9-29(26,27)10-17(16)28-19/h1-6,8,16-17H,7,9-10H2,(H,22,25)(H,23,24). The molecule has 0 aromatic heterocycles. The first-order valence-electron chi connectivity index (χ1n) is 8.83. The van der Waals surface area contributed by atoms with Crippen molar-refractivity contribution in [3.05, 3.63) is 58.9 Å². The van der Waals surface area contributed by atoms with Crippen molar-refractivity contribution in [1.29, 1.82) is 0 Å². The number of amidine groups is 1. The second-order valence-electron chi connectivity index (χ2n) is 6.91. The van der Waals surface area contributed by atoms with E-state index >= 15 is 0 Å². The van der Waals surface area contributed by atoms with E-state index in [1.807, 2.05) is 24.3 Å². The lowest BCUT2D eigenvalue weighted by molar-refractivity contribution is -0.115. The summed E-state index contributed by atoms with van der Waals surface area (Å²) in [6, 6.07) is 11.2. The Morgan fingerprint density at radius 1 is 1.17 bits per heavy atom. The topological polar surface area (TPSA) is 87.6 Å². The number of amides is 1. The minimum Gasteiger partial charge on any atom is -0.335 e. The normalized spacial score (nSPS) is 22.1. The molecule has 0 saturated carbocycles. The van der Waals surface area contributed by atoms with Crippen molar-refractivity contribution < 1.29 is 17.6 Å². The monoisotopic (exact) mass is 453 g/mol. The van der Waals surface area contributed by atoms with Crippen molar-refractivity contribution >= 4 is 55.6 Å². The highest BCUT2D eigenvalue weighted by molar-refractivity contribution is 8.15. The summed E-state index contributed by atoms with van der Waals surface area (Å²) in [6.07, 6.45) is 0.160. The highest BCUT2D eigenvalue weighted by Gasteiger charge is 2.42. The van der Waals surface area contributed by atoms with Crippen LogP contribution in [0.2, 0.25) is 5.02 Å². The lowest BCUT2D eigenvalue weighted by Gasteiger charge is -2.09. The number of anilines is 2. The van der Waals surface area contributed by atoms with E-state index < -0.39 is 15.7 Å². The Bertz CT molecular complexity index is 1090. The van der Waals surface area contributed by atoms with Gasteiger partial charge in [-0.25, -0.2) is 12.8 Å². The molecule has 6 nitrogen and oxygen atoms in total. The third-order valence-corrected chi connectivity index (χ3v) is 8.02. The minimum atomic E-state index is -2.97. The molecule has 4 rings (SSSR count). The average Bonchev–Trinajstić information content (AvgIpc) is 3.12. The molecule has 2 aliphatic rings. The van der Waals surface area contributed by atoms with Gasteiger partial charge in [-0.05, 0) is 35.9 Å². The van der Waals surface area contributed by atoms with Gasteiger partial charge in [-0.1, -0.05) is 35.5 Å². The van der Waals surface area contributed by atoms with Crippen LogP contribution in [0.1, 0.15) is 5.56 Å². The second-order valence-corrected chi connectivity index (χ2v) is 10.7. The van der Waals surface area contributed by atoms with Crippen LogP contribution in [-0.4, -0.2) is 42.3 Å². The maximum Gasteiger partial charge on any atom is 0.228 e. The van der Waals surface area contributed by atoms with Crippen LogP contribution in [0.25, 0.3) is 0 Å². The molecule has 29 heavy (non-hydrogen) atoms. The predicted octanol–water partition coefficient (Wildman–Crippen LogP) is 3.34. The van der Waals surface area contributed by atoms with Crippen LogP contribution in [0.4, 0.5) is 15.8 Å². The predicted molar refractivity (Wildman–Crippen MR) is 115 cm³/mol. The number of carbonyl (C=O) groups excluding carboxylic acids is 1. The van der Waals surface area contributed by atoms with Gasteiger partial charge in [0, 0.05) is 16.6 Å². The lowest BCUT2D eigenvalue weighted by Crippen LogP contribution is -2.14. The van der Waals surface area contributed by atoms with Gasteiger partial charge < -0.3 is 10.6 Å². The van der Waals surface area contributed by atoms with Crippen molar-refractivity contribution in [2.24, 2.45) is 4.99 Å². The van der Waals surface area contributed by atoms with Crippen molar-refractivity contribution in [2.45, 2.75) is 17.7 Å². The van der Waals surface area contributed by atoms with Crippen LogP contribution in [-0.2, 0) is 21.1 Å². The maximum atomic E-state index is 13.2. The summed E-state index contributed by atoms with van der Waals surface area (Å²) in [6.45, 7) is 0. The first-order chi connectivity index (χ1) is 13.8. The fourth-order valence-electron chi connectivity index (χ4n) is 3.21. The smallest absolute Gasteiger partial charge is 0.228 e. The summed E-state index contributed by atoms with van der Waals surface area (Å²) in [5.41, 5.74) is 2.06. The number of nitrogens with one attached hydrogen (secondary N) is 2. The van der Waals surface area contributed by atoms with Gasteiger partial charge in [0.05, 0.1) is 29.0 Å². The molecule has 0 aliphatic carbocycles. The zero-order valence-electron chi connectivity index (χ0n) is 15.1. The molecule has 1 saturated heterocycles. The number of thioether (sulfide) groups is 1. The molecule has 2 unspecified atom stereocenters. The zero-order valence-corrected chi connectivity index (χ0v) is 17.5. The van der Waals surface area contributed by atoms with E-state index in [1.165, 1.54) is 30.0 Å². The Kier molecular flexibility index (Phi) is 5.54. The maximum absolute atomic E-state index is 13.2. The Balaban J connectivity index is 1.32. The fraction of sp³-hybridized carbons (Fsp3) is 0.263. The van der Waals surface area contributed by atoms with E-state index in [-0.39, 0.29) is 40.1 Å². The third kappa shape index (κ3) is 4.91. The Morgan fingerprint density at radius 2 is 1.90 bits per heavy atom. The van der Waals surface area contributed by atoms with Crippen molar-refractivity contribution in [1.82, 2.24) is 0 Å².